The molecular weight excluding hydrogens is 410 g/mol. The lowest BCUT2D eigenvalue weighted by Gasteiger charge is -2.31. The largest absolute Gasteiger partial charge is 0.333 e. The molecule has 0 bridgehead atoms. The highest BCUT2D eigenvalue weighted by atomic mass is 16.2. The summed E-state index contributed by atoms with van der Waals surface area (Å²) in [5, 5.41) is 0.581. The number of carbonyl (C=O) groups excluding carboxylic acids is 1. The Morgan fingerprint density at radius 3 is 2.42 bits per heavy atom. The van der Waals surface area contributed by atoms with E-state index in [-0.39, 0.29) is 23.4 Å². The van der Waals surface area contributed by atoms with Gasteiger partial charge < -0.3 is 4.90 Å². The zero-order valence-corrected chi connectivity index (χ0v) is 20.9. The predicted molar refractivity (Wildman–Crippen MR) is 136 cm³/mol. The first kappa shape index (κ1) is 24.7. The van der Waals surface area contributed by atoms with Crippen molar-refractivity contribution in [3.63, 3.8) is 0 Å². The lowest BCUT2D eigenvalue weighted by Crippen LogP contribution is -2.38. The topological polar surface area (TPSA) is 55.2 Å². The fraction of sp³-hybridized carbons (Fsp3) is 0.464. The maximum atomic E-state index is 13.7. The summed E-state index contributed by atoms with van der Waals surface area (Å²) >= 11 is 0. The highest BCUT2D eigenvalue weighted by Gasteiger charge is 2.27. The van der Waals surface area contributed by atoms with Crippen LogP contribution in [0.1, 0.15) is 76.4 Å². The molecule has 1 heterocycles. The van der Waals surface area contributed by atoms with Crippen LogP contribution in [0.15, 0.2) is 47.3 Å². The van der Waals surface area contributed by atoms with Crippen LogP contribution in [0.3, 0.4) is 0 Å². The van der Waals surface area contributed by atoms with E-state index in [1.165, 1.54) is 5.56 Å². The van der Waals surface area contributed by atoms with E-state index in [4.69, 9.17) is 4.98 Å². The number of rotatable bonds is 9. The quantitative estimate of drug-likeness (QED) is 0.371. The number of para-hydroxylation sites is 1. The Labute approximate surface area is 197 Å². The maximum absolute atomic E-state index is 13.7. The zero-order chi connectivity index (χ0) is 24.1. The van der Waals surface area contributed by atoms with Crippen LogP contribution in [0, 0.1) is 19.8 Å². The van der Waals surface area contributed by atoms with Crippen molar-refractivity contribution in [3.8, 4) is 5.69 Å². The van der Waals surface area contributed by atoms with Crippen molar-refractivity contribution in [2.45, 2.75) is 73.3 Å². The minimum atomic E-state index is -0.327. The molecule has 33 heavy (non-hydrogen) atoms. The summed E-state index contributed by atoms with van der Waals surface area (Å²) in [5.74, 6) is 0.989. The molecule has 3 rings (SSSR count). The summed E-state index contributed by atoms with van der Waals surface area (Å²) in [4.78, 5) is 33.8. The van der Waals surface area contributed by atoms with E-state index < -0.39 is 0 Å². The van der Waals surface area contributed by atoms with E-state index in [0.29, 0.717) is 29.7 Å². The molecule has 0 saturated carbocycles. The Morgan fingerprint density at radius 2 is 1.76 bits per heavy atom. The van der Waals surface area contributed by atoms with Gasteiger partial charge in [-0.15, -0.1) is 0 Å². The van der Waals surface area contributed by atoms with Gasteiger partial charge in [-0.25, -0.2) is 4.98 Å². The van der Waals surface area contributed by atoms with Gasteiger partial charge in [0.05, 0.1) is 22.6 Å². The Hall–Kier alpha value is -2.95. The summed E-state index contributed by atoms with van der Waals surface area (Å²) in [6.07, 6.45) is 3.57. The Bertz CT molecular complexity index is 1180. The summed E-state index contributed by atoms with van der Waals surface area (Å²) in [5.41, 5.74) is 3.63. The standard InChI is InChI=1S/C28H37N3O2/c1-7-8-11-16-30(26(32)17-19(2)3)22(6)27-29-25-13-10-9-12-24(25)28(33)31(27)23-15-14-20(4)21(5)18-23/h9-10,12-15,18-19,22H,7-8,11,16-17H2,1-6H3. The van der Waals surface area contributed by atoms with Gasteiger partial charge in [-0.1, -0.05) is 51.8 Å². The Morgan fingerprint density at radius 1 is 1.03 bits per heavy atom. The van der Waals surface area contributed by atoms with Crippen LogP contribution in [0.2, 0.25) is 0 Å². The first-order chi connectivity index (χ1) is 15.7. The fourth-order valence-corrected chi connectivity index (χ4v) is 4.22. The molecule has 0 saturated heterocycles. The van der Waals surface area contributed by atoms with E-state index in [1.54, 1.807) is 4.57 Å². The van der Waals surface area contributed by atoms with Crippen molar-refractivity contribution in [1.29, 1.82) is 0 Å². The van der Waals surface area contributed by atoms with E-state index in [0.717, 1.165) is 30.5 Å². The molecule has 0 N–H and O–H groups in total. The van der Waals surface area contributed by atoms with Crippen LogP contribution in [-0.2, 0) is 4.79 Å². The second-order valence-electron chi connectivity index (χ2n) is 9.46. The molecule has 176 valence electrons. The number of aryl methyl sites for hydroxylation is 2. The van der Waals surface area contributed by atoms with Gasteiger partial charge in [-0.05, 0) is 68.5 Å². The van der Waals surface area contributed by atoms with E-state index in [1.807, 2.05) is 61.2 Å². The van der Waals surface area contributed by atoms with Crippen LogP contribution in [0.25, 0.3) is 16.6 Å². The molecule has 1 aromatic heterocycles. The van der Waals surface area contributed by atoms with Crippen LogP contribution < -0.4 is 5.56 Å². The first-order valence-electron chi connectivity index (χ1n) is 12.1. The Kier molecular flexibility index (Phi) is 8.06. The number of carbonyl (C=O) groups is 1. The molecule has 0 aliphatic rings. The van der Waals surface area contributed by atoms with Crippen LogP contribution >= 0.6 is 0 Å². The number of hydrogen-bond acceptors (Lipinski definition) is 3. The third-order valence-electron chi connectivity index (χ3n) is 6.30. The molecule has 5 nitrogen and oxygen atoms in total. The van der Waals surface area contributed by atoms with Gasteiger partial charge in [0.2, 0.25) is 5.91 Å². The third-order valence-corrected chi connectivity index (χ3v) is 6.30. The maximum Gasteiger partial charge on any atom is 0.266 e. The van der Waals surface area contributed by atoms with Crippen molar-refractivity contribution in [2.24, 2.45) is 5.92 Å². The average Bonchev–Trinajstić information content (AvgIpc) is 2.78. The zero-order valence-electron chi connectivity index (χ0n) is 20.9. The number of nitrogens with zero attached hydrogens (tertiary/aromatic N) is 3. The molecule has 2 aromatic carbocycles. The molecule has 0 aliphatic heterocycles. The molecule has 3 aromatic rings. The summed E-state index contributed by atoms with van der Waals surface area (Å²) in [6, 6.07) is 13.1. The lowest BCUT2D eigenvalue weighted by atomic mass is 10.1. The SMILES string of the molecule is CCCCCN(C(=O)CC(C)C)C(C)c1nc2ccccc2c(=O)n1-c1ccc(C)c(C)c1. The Balaban J connectivity index is 2.20. The van der Waals surface area contributed by atoms with Crippen LogP contribution in [-0.4, -0.2) is 26.9 Å². The second kappa shape index (κ2) is 10.8. The van der Waals surface area contributed by atoms with Crippen LogP contribution in [0.5, 0.6) is 0 Å². The van der Waals surface area contributed by atoms with Crippen LogP contribution in [0.4, 0.5) is 0 Å². The summed E-state index contributed by atoms with van der Waals surface area (Å²) in [7, 11) is 0. The van der Waals surface area contributed by atoms with Gasteiger partial charge in [0.15, 0.2) is 0 Å². The third kappa shape index (κ3) is 5.52. The van der Waals surface area contributed by atoms with Gasteiger partial charge >= 0.3 is 0 Å². The number of hydrogen-bond donors (Lipinski definition) is 0. The molecule has 0 radical (unpaired) electrons. The summed E-state index contributed by atoms with van der Waals surface area (Å²) < 4.78 is 1.70. The minimum Gasteiger partial charge on any atom is -0.333 e. The van der Waals surface area contributed by atoms with Gasteiger partial charge in [0.1, 0.15) is 5.82 Å². The molecule has 0 spiro atoms. The summed E-state index contributed by atoms with van der Waals surface area (Å²) in [6.45, 7) is 13.0. The molecule has 5 heteroatoms. The van der Waals surface area contributed by atoms with Crippen molar-refractivity contribution >= 4 is 16.8 Å². The lowest BCUT2D eigenvalue weighted by molar-refractivity contribution is -0.134. The number of unbranched alkanes of at least 4 members (excludes halogenated alkanes) is 2. The highest BCUT2D eigenvalue weighted by Crippen LogP contribution is 2.25. The first-order valence-corrected chi connectivity index (χ1v) is 12.1. The fourth-order valence-electron chi connectivity index (χ4n) is 4.22. The molecule has 0 fully saturated rings. The van der Waals surface area contributed by atoms with E-state index in [9.17, 15) is 9.59 Å². The molecule has 1 amide bonds. The number of benzene rings is 2. The van der Waals surface area contributed by atoms with E-state index in [2.05, 4.69) is 27.7 Å². The van der Waals surface area contributed by atoms with Crippen molar-refractivity contribution in [2.75, 3.05) is 6.54 Å². The highest BCUT2D eigenvalue weighted by molar-refractivity contribution is 5.79. The van der Waals surface area contributed by atoms with Gasteiger partial charge in [0.25, 0.3) is 5.56 Å². The number of fused-ring (bicyclic) bond motifs is 1. The predicted octanol–water partition coefficient (Wildman–Crippen LogP) is 6.13. The van der Waals surface area contributed by atoms with Crippen molar-refractivity contribution in [1.82, 2.24) is 14.5 Å². The normalized spacial score (nSPS) is 12.3. The molecule has 0 aliphatic carbocycles. The van der Waals surface area contributed by atoms with Crippen molar-refractivity contribution < 1.29 is 4.79 Å². The van der Waals surface area contributed by atoms with E-state index >= 15 is 0 Å². The molecular formula is C28H37N3O2. The van der Waals surface area contributed by atoms with Gasteiger partial charge in [0, 0.05) is 13.0 Å². The monoisotopic (exact) mass is 447 g/mol. The van der Waals surface area contributed by atoms with Gasteiger partial charge in [-0.3, -0.25) is 14.2 Å². The minimum absolute atomic E-state index is 0.101. The number of amides is 1. The second-order valence-corrected chi connectivity index (χ2v) is 9.46. The molecule has 1 atom stereocenters. The number of aromatic nitrogens is 2. The smallest absolute Gasteiger partial charge is 0.266 e. The average molecular weight is 448 g/mol. The van der Waals surface area contributed by atoms with Gasteiger partial charge in [-0.2, -0.15) is 0 Å². The molecule has 1 unspecified atom stereocenters. The van der Waals surface area contributed by atoms with Crippen molar-refractivity contribution in [3.05, 3.63) is 69.8 Å².